The number of hydrogen-bond donors (Lipinski definition) is 2. The van der Waals surface area contributed by atoms with Crippen molar-refractivity contribution in [3.8, 4) is 0 Å². The Morgan fingerprint density at radius 1 is 1.20 bits per heavy atom. The third-order valence-corrected chi connectivity index (χ3v) is 5.64. The van der Waals surface area contributed by atoms with E-state index in [4.69, 9.17) is 5.73 Å². The highest BCUT2D eigenvalue weighted by Crippen LogP contribution is 2.26. The number of sulfonamides is 1. The molecule has 1 aliphatic heterocycles. The third-order valence-electron chi connectivity index (χ3n) is 3.92. The zero-order valence-corrected chi connectivity index (χ0v) is 13.1. The van der Waals surface area contributed by atoms with Gasteiger partial charge >= 0.3 is 0 Å². The largest absolute Gasteiger partial charge is 0.397 e. The number of likely N-dealkylation sites (tertiary alicyclic amines) is 1. The number of nitrogens with zero attached hydrogens (tertiary/aromatic N) is 1. The van der Waals surface area contributed by atoms with Gasteiger partial charge < -0.3 is 10.6 Å². The summed E-state index contributed by atoms with van der Waals surface area (Å²) >= 11 is 0. The molecule has 3 N–H and O–H groups in total. The van der Waals surface area contributed by atoms with E-state index in [1.807, 2.05) is 20.0 Å². The van der Waals surface area contributed by atoms with Crippen molar-refractivity contribution in [1.29, 1.82) is 0 Å². The highest BCUT2D eigenvalue weighted by Gasteiger charge is 2.26. The van der Waals surface area contributed by atoms with E-state index in [1.54, 1.807) is 13.0 Å². The van der Waals surface area contributed by atoms with E-state index in [0.29, 0.717) is 11.3 Å². The number of nitrogens with one attached hydrogen (secondary N) is 1. The number of anilines is 1. The van der Waals surface area contributed by atoms with Crippen LogP contribution < -0.4 is 10.5 Å². The quantitative estimate of drug-likeness (QED) is 0.824. The predicted octanol–water partition coefficient (Wildman–Crippen LogP) is 1.26. The minimum absolute atomic E-state index is 0.00416. The Kier molecular flexibility index (Phi) is 4.36. The van der Waals surface area contributed by atoms with Crippen molar-refractivity contribution in [3.63, 3.8) is 0 Å². The van der Waals surface area contributed by atoms with Gasteiger partial charge in [-0.15, -0.1) is 0 Å². The maximum absolute atomic E-state index is 12.6. The average Bonchev–Trinajstić information content (AvgIpc) is 2.37. The molecule has 0 atom stereocenters. The van der Waals surface area contributed by atoms with E-state index in [9.17, 15) is 8.42 Å². The van der Waals surface area contributed by atoms with Crippen LogP contribution in [0.15, 0.2) is 17.0 Å². The van der Waals surface area contributed by atoms with E-state index in [-0.39, 0.29) is 10.9 Å². The molecule has 1 aromatic carbocycles. The molecule has 0 unspecified atom stereocenters. The van der Waals surface area contributed by atoms with E-state index in [2.05, 4.69) is 9.62 Å². The molecule has 112 valence electrons. The zero-order valence-electron chi connectivity index (χ0n) is 12.3. The van der Waals surface area contributed by atoms with Gasteiger partial charge in [0.05, 0.1) is 5.69 Å². The van der Waals surface area contributed by atoms with Gasteiger partial charge in [0.15, 0.2) is 0 Å². The summed E-state index contributed by atoms with van der Waals surface area (Å²) in [6.07, 6.45) is 1.67. The molecule has 2 rings (SSSR count). The molecular formula is C14H23N3O2S. The van der Waals surface area contributed by atoms with Crippen LogP contribution in [0.2, 0.25) is 0 Å². The van der Waals surface area contributed by atoms with Crippen molar-refractivity contribution in [1.82, 2.24) is 9.62 Å². The Balaban J connectivity index is 2.25. The number of rotatable bonds is 3. The molecule has 0 saturated carbocycles. The van der Waals surface area contributed by atoms with Crippen molar-refractivity contribution in [2.75, 3.05) is 25.9 Å². The first kappa shape index (κ1) is 15.3. The predicted molar refractivity (Wildman–Crippen MR) is 81.2 cm³/mol. The normalized spacial score (nSPS) is 18.4. The van der Waals surface area contributed by atoms with Gasteiger partial charge in [-0.1, -0.05) is 12.1 Å². The fraction of sp³-hybridized carbons (Fsp3) is 0.571. The molecule has 0 aliphatic carbocycles. The van der Waals surface area contributed by atoms with Crippen molar-refractivity contribution in [2.45, 2.75) is 37.6 Å². The van der Waals surface area contributed by atoms with Crippen molar-refractivity contribution in [3.05, 3.63) is 23.3 Å². The third kappa shape index (κ3) is 3.13. The Bertz CT molecular complexity index is 591. The second kappa shape index (κ2) is 5.71. The zero-order chi connectivity index (χ0) is 14.9. The number of benzene rings is 1. The fourth-order valence-electron chi connectivity index (χ4n) is 2.57. The van der Waals surface area contributed by atoms with Gasteiger partial charge in [0.25, 0.3) is 0 Å². The smallest absolute Gasteiger partial charge is 0.243 e. The first-order chi connectivity index (χ1) is 9.31. The number of hydrogen-bond acceptors (Lipinski definition) is 4. The lowest BCUT2D eigenvalue weighted by Gasteiger charge is -2.29. The second-order valence-corrected chi connectivity index (χ2v) is 7.29. The highest BCUT2D eigenvalue weighted by molar-refractivity contribution is 7.89. The SMILES string of the molecule is Cc1ccc(C)c(S(=O)(=O)NC2CCN(C)CC2)c1N. The van der Waals surface area contributed by atoms with Gasteiger partial charge in [-0.05, 0) is 58.0 Å². The van der Waals surface area contributed by atoms with Crippen LogP contribution in [0.5, 0.6) is 0 Å². The van der Waals surface area contributed by atoms with Gasteiger partial charge in [0, 0.05) is 6.04 Å². The van der Waals surface area contributed by atoms with Crippen LogP contribution >= 0.6 is 0 Å². The Morgan fingerprint density at radius 3 is 2.35 bits per heavy atom. The van der Waals surface area contributed by atoms with E-state index >= 15 is 0 Å². The molecule has 0 amide bonds. The summed E-state index contributed by atoms with van der Waals surface area (Å²) in [5, 5.41) is 0. The molecule has 0 bridgehead atoms. The van der Waals surface area contributed by atoms with Crippen molar-refractivity contribution >= 4 is 15.7 Å². The number of piperidine rings is 1. The monoisotopic (exact) mass is 297 g/mol. The molecule has 1 aromatic rings. The molecule has 1 heterocycles. The maximum atomic E-state index is 12.6. The summed E-state index contributed by atoms with van der Waals surface area (Å²) in [7, 11) is -1.51. The summed E-state index contributed by atoms with van der Waals surface area (Å²) in [5.74, 6) is 0. The Hall–Kier alpha value is -1.11. The molecule has 20 heavy (non-hydrogen) atoms. The van der Waals surface area contributed by atoms with Gasteiger partial charge in [-0.3, -0.25) is 0 Å². The first-order valence-corrected chi connectivity index (χ1v) is 8.36. The Morgan fingerprint density at radius 2 is 1.75 bits per heavy atom. The molecule has 6 heteroatoms. The van der Waals surface area contributed by atoms with Crippen LogP contribution in [0.25, 0.3) is 0 Å². The lowest BCUT2D eigenvalue weighted by atomic mass is 10.1. The fourth-order valence-corrected chi connectivity index (χ4v) is 4.30. The van der Waals surface area contributed by atoms with Crippen LogP contribution in [-0.2, 0) is 10.0 Å². The lowest BCUT2D eigenvalue weighted by molar-refractivity contribution is 0.248. The molecule has 1 fully saturated rings. The molecule has 0 radical (unpaired) electrons. The highest BCUT2D eigenvalue weighted by atomic mass is 32.2. The molecule has 0 spiro atoms. The summed E-state index contributed by atoms with van der Waals surface area (Å²) in [6, 6.07) is 3.64. The summed E-state index contributed by atoms with van der Waals surface area (Å²) in [5.41, 5.74) is 7.80. The minimum Gasteiger partial charge on any atom is -0.397 e. The molecule has 1 saturated heterocycles. The average molecular weight is 297 g/mol. The van der Waals surface area contributed by atoms with E-state index in [1.165, 1.54) is 0 Å². The topological polar surface area (TPSA) is 75.4 Å². The summed E-state index contributed by atoms with van der Waals surface area (Å²) in [4.78, 5) is 2.44. The second-order valence-electron chi connectivity index (χ2n) is 5.64. The minimum atomic E-state index is -3.55. The summed E-state index contributed by atoms with van der Waals surface area (Å²) in [6.45, 7) is 5.42. The number of aryl methyl sites for hydroxylation is 2. The number of nitrogen functional groups attached to an aromatic ring is 1. The van der Waals surface area contributed by atoms with Gasteiger partial charge in [0.1, 0.15) is 4.90 Å². The van der Waals surface area contributed by atoms with Gasteiger partial charge in [-0.2, -0.15) is 0 Å². The molecular weight excluding hydrogens is 274 g/mol. The van der Waals surface area contributed by atoms with Crippen LogP contribution in [0, 0.1) is 13.8 Å². The van der Waals surface area contributed by atoms with E-state index < -0.39 is 10.0 Å². The van der Waals surface area contributed by atoms with Crippen LogP contribution in [-0.4, -0.2) is 39.5 Å². The summed E-state index contributed by atoms with van der Waals surface area (Å²) < 4.78 is 27.9. The lowest BCUT2D eigenvalue weighted by Crippen LogP contribution is -2.43. The van der Waals surface area contributed by atoms with Crippen molar-refractivity contribution < 1.29 is 8.42 Å². The van der Waals surface area contributed by atoms with Crippen LogP contribution in [0.3, 0.4) is 0 Å². The molecule has 0 aromatic heterocycles. The van der Waals surface area contributed by atoms with E-state index in [0.717, 1.165) is 31.5 Å². The van der Waals surface area contributed by atoms with Crippen molar-refractivity contribution in [2.24, 2.45) is 0 Å². The number of nitrogens with two attached hydrogens (primary N) is 1. The standard InChI is InChI=1S/C14H23N3O2S/c1-10-4-5-11(2)14(13(10)15)20(18,19)16-12-6-8-17(3)9-7-12/h4-5,12,16H,6-9,15H2,1-3H3. The van der Waals surface area contributed by atoms with Crippen LogP contribution in [0.4, 0.5) is 5.69 Å². The van der Waals surface area contributed by atoms with Gasteiger partial charge in [0.2, 0.25) is 10.0 Å². The molecule has 1 aliphatic rings. The first-order valence-electron chi connectivity index (χ1n) is 6.88. The van der Waals surface area contributed by atoms with Gasteiger partial charge in [-0.25, -0.2) is 13.1 Å². The maximum Gasteiger partial charge on any atom is 0.243 e. The van der Waals surface area contributed by atoms with Crippen LogP contribution in [0.1, 0.15) is 24.0 Å². The Labute approximate surface area is 121 Å². The molecule has 5 nitrogen and oxygen atoms in total.